The molecule has 5 rings (SSSR count). The molecule has 11 heteroatoms. The lowest BCUT2D eigenvalue weighted by atomic mass is 9.94. The van der Waals surface area contributed by atoms with Gasteiger partial charge in [0, 0.05) is 55.5 Å². The maximum absolute atomic E-state index is 13.2. The number of nitrogens with one attached hydrogen (secondary N) is 1. The van der Waals surface area contributed by atoms with E-state index in [9.17, 15) is 17.6 Å². The normalized spacial score (nSPS) is 17.6. The number of hydrogen-bond donors (Lipinski definition) is 2. The number of piperazine rings is 1. The molecule has 198 valence electrons. The van der Waals surface area contributed by atoms with Crippen LogP contribution in [0.25, 0.3) is 0 Å². The van der Waals surface area contributed by atoms with Gasteiger partial charge in [-0.3, -0.25) is 0 Å². The van der Waals surface area contributed by atoms with Gasteiger partial charge in [0.1, 0.15) is 11.6 Å². The largest absolute Gasteiger partial charge is 0.490 e. The number of benzene rings is 1. The number of pyridine rings is 1. The highest BCUT2D eigenvalue weighted by Gasteiger charge is 2.38. The summed E-state index contributed by atoms with van der Waals surface area (Å²) in [6.07, 6.45) is 0.558. The number of alkyl halides is 3. The van der Waals surface area contributed by atoms with Crippen molar-refractivity contribution >= 4 is 28.8 Å². The number of carboxylic acid groups (broad SMARTS) is 1. The van der Waals surface area contributed by atoms with Crippen molar-refractivity contribution in [2.75, 3.05) is 36.0 Å². The van der Waals surface area contributed by atoms with Crippen LogP contribution >= 0.6 is 11.3 Å². The van der Waals surface area contributed by atoms with Gasteiger partial charge in [0.2, 0.25) is 0 Å². The summed E-state index contributed by atoms with van der Waals surface area (Å²) in [5.74, 6) is -1.89. The number of aromatic nitrogens is 1. The summed E-state index contributed by atoms with van der Waals surface area (Å²) in [5.41, 5.74) is 3.86. The summed E-state index contributed by atoms with van der Waals surface area (Å²) in [6.45, 7) is 4.53. The topological polar surface area (TPSA) is 68.7 Å². The number of hydrogen-bond acceptors (Lipinski definition) is 6. The molecule has 3 aromatic rings. The predicted octanol–water partition coefficient (Wildman–Crippen LogP) is 5.41. The Labute approximate surface area is 216 Å². The van der Waals surface area contributed by atoms with Crippen LogP contribution in [0.2, 0.25) is 0 Å². The Morgan fingerprint density at radius 3 is 2.43 bits per heavy atom. The number of carboxylic acids is 1. The standard InChI is InChI=1S/C24H27FN4S.C2HF3O2/c25-19-4-6-20(7-5-19)28-11-13-29(14-12-28)24-16-18(8-10-26-24)17-27-22-2-1-3-23-21(22)9-15-30-23;3-2(4,5)1(6)7/h4-10,15-16,22,27H,1-3,11-14,17H2;(H,6,7). The van der Waals surface area contributed by atoms with Gasteiger partial charge in [-0.25, -0.2) is 14.2 Å². The number of anilines is 2. The van der Waals surface area contributed by atoms with Gasteiger partial charge in [-0.15, -0.1) is 11.3 Å². The van der Waals surface area contributed by atoms with Crippen LogP contribution < -0.4 is 15.1 Å². The van der Waals surface area contributed by atoms with Crippen molar-refractivity contribution in [3.05, 3.63) is 75.9 Å². The number of rotatable bonds is 5. The van der Waals surface area contributed by atoms with Crippen LogP contribution in [0.5, 0.6) is 0 Å². The molecule has 2 aromatic heterocycles. The third kappa shape index (κ3) is 7.20. The first-order chi connectivity index (χ1) is 17.7. The molecule has 1 aliphatic heterocycles. The molecule has 1 unspecified atom stereocenters. The third-order valence-corrected chi connectivity index (χ3v) is 7.45. The van der Waals surface area contributed by atoms with Crippen molar-refractivity contribution in [1.82, 2.24) is 10.3 Å². The number of halogens is 4. The molecule has 1 saturated heterocycles. The van der Waals surface area contributed by atoms with Crippen molar-refractivity contribution in [3.8, 4) is 0 Å². The highest BCUT2D eigenvalue weighted by Crippen LogP contribution is 2.33. The molecule has 3 heterocycles. The Kier molecular flexibility index (Phi) is 8.65. The van der Waals surface area contributed by atoms with E-state index >= 15 is 0 Å². The first kappa shape index (κ1) is 26.9. The van der Waals surface area contributed by atoms with E-state index in [0.29, 0.717) is 6.04 Å². The summed E-state index contributed by atoms with van der Waals surface area (Å²) in [7, 11) is 0. The maximum atomic E-state index is 13.2. The molecule has 0 amide bonds. The second kappa shape index (κ2) is 11.9. The SMILES string of the molecule is Fc1ccc(N2CCN(c3cc(CNC4CCCc5sccc54)ccn3)CC2)cc1.O=C(O)C(F)(F)F. The van der Waals surface area contributed by atoms with Gasteiger partial charge < -0.3 is 20.2 Å². The van der Waals surface area contributed by atoms with Gasteiger partial charge in [-0.2, -0.15) is 13.2 Å². The Morgan fingerprint density at radius 1 is 1.08 bits per heavy atom. The van der Waals surface area contributed by atoms with Gasteiger partial charge in [0.15, 0.2) is 0 Å². The molecule has 6 nitrogen and oxygen atoms in total. The summed E-state index contributed by atoms with van der Waals surface area (Å²) in [6, 6.07) is 13.9. The molecule has 1 aliphatic carbocycles. The minimum atomic E-state index is -5.08. The Balaban J connectivity index is 0.000000405. The fourth-order valence-corrected chi connectivity index (χ4v) is 5.52. The molecule has 0 bridgehead atoms. The van der Waals surface area contributed by atoms with E-state index in [1.165, 1.54) is 42.5 Å². The summed E-state index contributed by atoms with van der Waals surface area (Å²) in [4.78, 5) is 19.7. The lowest BCUT2D eigenvalue weighted by molar-refractivity contribution is -0.192. The zero-order valence-corrected chi connectivity index (χ0v) is 20.9. The lowest BCUT2D eigenvalue weighted by Crippen LogP contribution is -2.46. The molecule has 1 aromatic carbocycles. The van der Waals surface area contributed by atoms with Gasteiger partial charge in [-0.1, -0.05) is 0 Å². The number of aryl methyl sites for hydroxylation is 1. The second-order valence-electron chi connectivity index (χ2n) is 8.90. The minimum absolute atomic E-state index is 0.185. The van der Waals surface area contributed by atoms with E-state index in [0.717, 1.165) is 44.2 Å². The number of carbonyl (C=O) groups is 1. The fourth-order valence-electron chi connectivity index (χ4n) is 4.53. The van der Waals surface area contributed by atoms with Crippen molar-refractivity contribution < 1.29 is 27.5 Å². The molecule has 1 atom stereocenters. The number of thiophene rings is 1. The molecular weight excluding hydrogens is 508 g/mol. The summed E-state index contributed by atoms with van der Waals surface area (Å²) < 4.78 is 44.9. The quantitative estimate of drug-likeness (QED) is 0.425. The molecule has 37 heavy (non-hydrogen) atoms. The van der Waals surface area contributed by atoms with Crippen molar-refractivity contribution in [3.63, 3.8) is 0 Å². The molecule has 0 saturated carbocycles. The van der Waals surface area contributed by atoms with E-state index in [4.69, 9.17) is 9.90 Å². The van der Waals surface area contributed by atoms with Crippen LogP contribution in [0, 0.1) is 5.82 Å². The van der Waals surface area contributed by atoms with Gasteiger partial charge in [-0.05, 0) is 78.2 Å². The molecule has 1 fully saturated rings. The van der Waals surface area contributed by atoms with E-state index in [1.807, 2.05) is 29.7 Å². The predicted molar refractivity (Wildman–Crippen MR) is 136 cm³/mol. The lowest BCUT2D eigenvalue weighted by Gasteiger charge is -2.36. The van der Waals surface area contributed by atoms with Gasteiger partial charge in [0.25, 0.3) is 0 Å². The van der Waals surface area contributed by atoms with Crippen molar-refractivity contribution in [1.29, 1.82) is 0 Å². The first-order valence-electron chi connectivity index (χ1n) is 12.0. The third-order valence-electron chi connectivity index (χ3n) is 6.45. The van der Waals surface area contributed by atoms with E-state index in [1.54, 1.807) is 4.88 Å². The molecule has 0 spiro atoms. The highest BCUT2D eigenvalue weighted by atomic mass is 32.1. The first-order valence-corrected chi connectivity index (χ1v) is 12.9. The van der Waals surface area contributed by atoms with Gasteiger partial charge in [0.05, 0.1) is 0 Å². The Morgan fingerprint density at radius 2 is 1.76 bits per heavy atom. The maximum Gasteiger partial charge on any atom is 0.490 e. The Bertz CT molecular complexity index is 1180. The molecular formula is C26H28F4N4O2S. The average Bonchev–Trinajstić information content (AvgIpc) is 3.38. The summed E-state index contributed by atoms with van der Waals surface area (Å²) >= 11 is 1.89. The molecule has 2 aliphatic rings. The van der Waals surface area contributed by atoms with Gasteiger partial charge >= 0.3 is 12.1 Å². The van der Waals surface area contributed by atoms with Crippen LogP contribution in [0.4, 0.5) is 29.1 Å². The van der Waals surface area contributed by atoms with Crippen molar-refractivity contribution in [2.24, 2.45) is 0 Å². The van der Waals surface area contributed by atoms with Crippen LogP contribution in [0.15, 0.2) is 54.0 Å². The average molecular weight is 537 g/mol. The zero-order chi connectivity index (χ0) is 26.4. The van der Waals surface area contributed by atoms with Crippen LogP contribution in [-0.4, -0.2) is 48.4 Å². The smallest absolute Gasteiger partial charge is 0.475 e. The monoisotopic (exact) mass is 536 g/mol. The minimum Gasteiger partial charge on any atom is -0.475 e. The van der Waals surface area contributed by atoms with E-state index < -0.39 is 12.1 Å². The highest BCUT2D eigenvalue weighted by molar-refractivity contribution is 7.10. The van der Waals surface area contributed by atoms with Crippen molar-refractivity contribution in [2.45, 2.75) is 38.0 Å². The van der Waals surface area contributed by atoms with Crippen LogP contribution in [0.3, 0.4) is 0 Å². The zero-order valence-electron chi connectivity index (χ0n) is 20.0. The Hall–Kier alpha value is -3.18. The van der Waals surface area contributed by atoms with Crippen LogP contribution in [-0.2, 0) is 17.8 Å². The fraction of sp³-hybridized carbons (Fsp3) is 0.385. The number of aliphatic carboxylic acids is 1. The molecule has 2 N–H and O–H groups in total. The second-order valence-corrected chi connectivity index (χ2v) is 9.90. The van der Waals surface area contributed by atoms with E-state index in [-0.39, 0.29) is 5.82 Å². The summed E-state index contributed by atoms with van der Waals surface area (Å²) in [5, 5.41) is 13.1. The molecule has 0 radical (unpaired) electrons. The number of nitrogens with zero attached hydrogens (tertiary/aromatic N) is 3. The van der Waals surface area contributed by atoms with Crippen LogP contribution in [0.1, 0.15) is 34.9 Å². The number of fused-ring (bicyclic) bond motifs is 1. The van der Waals surface area contributed by atoms with E-state index in [2.05, 4.69) is 43.7 Å².